The van der Waals surface area contributed by atoms with Gasteiger partial charge in [-0.25, -0.2) is 0 Å². The van der Waals surface area contributed by atoms with E-state index in [1.165, 1.54) is 0 Å². The van der Waals surface area contributed by atoms with Crippen LogP contribution in [-0.2, 0) is 6.42 Å². The van der Waals surface area contributed by atoms with Crippen molar-refractivity contribution < 1.29 is 9.84 Å². The second-order valence-electron chi connectivity index (χ2n) is 4.99. The zero-order chi connectivity index (χ0) is 13.0. The number of aryl methyl sites for hydroxylation is 1. The Morgan fingerprint density at radius 1 is 1.29 bits per heavy atom. The first kappa shape index (κ1) is 14.0. The number of hydrogen-bond donors (Lipinski definition) is 1. The molecule has 17 heavy (non-hydrogen) atoms. The summed E-state index contributed by atoms with van der Waals surface area (Å²) in [5.74, 6) is 1.50. The van der Waals surface area contributed by atoms with Crippen molar-refractivity contribution in [1.29, 1.82) is 0 Å². The molecule has 0 saturated heterocycles. The molecule has 1 aromatic heterocycles. The first-order valence-corrected chi connectivity index (χ1v) is 6.13. The van der Waals surface area contributed by atoms with Crippen LogP contribution in [-0.4, -0.2) is 23.3 Å². The minimum absolute atomic E-state index is 0.231. The number of methoxy groups -OCH3 is 1. The number of nitrogens with zero attached hydrogens (tertiary/aromatic N) is 1. The largest absolute Gasteiger partial charge is 0.497 e. The maximum atomic E-state index is 9.78. The molecule has 3 nitrogen and oxygen atoms in total. The topological polar surface area (TPSA) is 42.4 Å². The van der Waals surface area contributed by atoms with Crippen LogP contribution in [0.3, 0.4) is 0 Å². The molecule has 2 atom stereocenters. The summed E-state index contributed by atoms with van der Waals surface area (Å²) < 4.78 is 5.24. The third-order valence-electron chi connectivity index (χ3n) is 3.14. The van der Waals surface area contributed by atoms with Crippen LogP contribution >= 0.6 is 0 Å². The highest BCUT2D eigenvalue weighted by Gasteiger charge is 2.20. The number of aliphatic hydroxyl groups excluding tert-OH is 1. The van der Waals surface area contributed by atoms with Crippen LogP contribution in [0, 0.1) is 18.8 Å². The first-order valence-electron chi connectivity index (χ1n) is 6.13. The normalized spacial score (nSPS) is 14.8. The van der Waals surface area contributed by atoms with Gasteiger partial charge in [-0.05, 0) is 32.1 Å². The van der Waals surface area contributed by atoms with Gasteiger partial charge in [0.25, 0.3) is 0 Å². The fraction of sp³-hybridized carbons (Fsp3) is 0.643. The van der Waals surface area contributed by atoms with E-state index in [0.29, 0.717) is 5.92 Å². The third-order valence-corrected chi connectivity index (χ3v) is 3.14. The molecule has 0 saturated carbocycles. The fourth-order valence-electron chi connectivity index (χ4n) is 2.13. The number of hydrogen-bond acceptors (Lipinski definition) is 3. The molecule has 1 N–H and O–H groups in total. The van der Waals surface area contributed by atoms with Crippen molar-refractivity contribution in [2.45, 2.75) is 40.2 Å². The van der Waals surface area contributed by atoms with E-state index < -0.39 is 0 Å². The van der Waals surface area contributed by atoms with Gasteiger partial charge in [-0.15, -0.1) is 0 Å². The molecule has 0 amide bonds. The molecule has 96 valence electrons. The van der Waals surface area contributed by atoms with E-state index in [4.69, 9.17) is 4.74 Å². The molecule has 0 aliphatic carbocycles. The summed E-state index contributed by atoms with van der Waals surface area (Å²) in [5, 5.41) is 9.78. The van der Waals surface area contributed by atoms with Crippen LogP contribution in [0.25, 0.3) is 0 Å². The summed E-state index contributed by atoms with van der Waals surface area (Å²) in [6.45, 7) is 8.06. The van der Waals surface area contributed by atoms with Gasteiger partial charge in [-0.2, -0.15) is 0 Å². The van der Waals surface area contributed by atoms with Gasteiger partial charge in [0, 0.05) is 23.5 Å². The highest BCUT2D eigenvalue weighted by molar-refractivity contribution is 5.27. The zero-order valence-corrected chi connectivity index (χ0v) is 11.4. The Labute approximate surface area is 104 Å². The van der Waals surface area contributed by atoms with Gasteiger partial charge in [-0.3, -0.25) is 4.98 Å². The Morgan fingerprint density at radius 3 is 2.41 bits per heavy atom. The van der Waals surface area contributed by atoms with Gasteiger partial charge in [0.05, 0.1) is 13.2 Å². The lowest BCUT2D eigenvalue weighted by Crippen LogP contribution is -2.25. The highest BCUT2D eigenvalue weighted by Crippen LogP contribution is 2.22. The molecule has 1 rings (SSSR count). The van der Waals surface area contributed by atoms with Crippen molar-refractivity contribution in [2.75, 3.05) is 7.11 Å². The van der Waals surface area contributed by atoms with Crippen molar-refractivity contribution in [2.24, 2.45) is 11.8 Å². The van der Waals surface area contributed by atoms with E-state index >= 15 is 0 Å². The predicted octanol–water partition coefficient (Wildman–Crippen LogP) is 2.59. The monoisotopic (exact) mass is 237 g/mol. The average molecular weight is 237 g/mol. The fourth-order valence-corrected chi connectivity index (χ4v) is 2.13. The van der Waals surface area contributed by atoms with Crippen LogP contribution in [0.5, 0.6) is 5.75 Å². The zero-order valence-electron chi connectivity index (χ0n) is 11.4. The van der Waals surface area contributed by atoms with Crippen molar-refractivity contribution in [3.63, 3.8) is 0 Å². The molecule has 1 heterocycles. The van der Waals surface area contributed by atoms with Crippen LogP contribution < -0.4 is 4.74 Å². The minimum Gasteiger partial charge on any atom is -0.497 e. The third kappa shape index (κ3) is 4.00. The quantitative estimate of drug-likeness (QED) is 0.856. The first-order chi connectivity index (χ1) is 7.93. The lowest BCUT2D eigenvalue weighted by molar-refractivity contribution is 0.0970. The van der Waals surface area contributed by atoms with Crippen molar-refractivity contribution >= 4 is 0 Å². The number of pyridine rings is 1. The molecule has 0 bridgehead atoms. The van der Waals surface area contributed by atoms with E-state index in [1.807, 2.05) is 26.0 Å². The van der Waals surface area contributed by atoms with Crippen molar-refractivity contribution in [1.82, 2.24) is 4.98 Å². The van der Waals surface area contributed by atoms with Gasteiger partial charge in [0.2, 0.25) is 0 Å². The van der Waals surface area contributed by atoms with Crippen LogP contribution in [0.2, 0.25) is 0 Å². The Hall–Kier alpha value is -1.09. The molecule has 0 aliphatic heterocycles. The maximum Gasteiger partial charge on any atom is 0.122 e. The summed E-state index contributed by atoms with van der Waals surface area (Å²) in [4.78, 5) is 4.50. The van der Waals surface area contributed by atoms with E-state index in [0.717, 1.165) is 23.6 Å². The Kier molecular flexibility index (Phi) is 4.94. The Morgan fingerprint density at radius 2 is 1.94 bits per heavy atom. The highest BCUT2D eigenvalue weighted by atomic mass is 16.5. The van der Waals surface area contributed by atoms with Gasteiger partial charge in [0.15, 0.2) is 0 Å². The summed E-state index contributed by atoms with van der Waals surface area (Å²) >= 11 is 0. The molecule has 0 aliphatic rings. The van der Waals surface area contributed by atoms with Gasteiger partial charge in [-0.1, -0.05) is 13.8 Å². The molecular weight excluding hydrogens is 214 g/mol. The van der Waals surface area contributed by atoms with E-state index in [2.05, 4.69) is 18.8 Å². The van der Waals surface area contributed by atoms with E-state index in [9.17, 15) is 5.11 Å². The molecule has 2 unspecified atom stereocenters. The van der Waals surface area contributed by atoms with Crippen molar-refractivity contribution in [3.05, 3.63) is 23.5 Å². The predicted molar refractivity (Wildman–Crippen MR) is 69.2 cm³/mol. The Bertz CT molecular complexity index is 353. The second-order valence-corrected chi connectivity index (χ2v) is 4.99. The smallest absolute Gasteiger partial charge is 0.122 e. The van der Waals surface area contributed by atoms with Gasteiger partial charge in [0.1, 0.15) is 5.75 Å². The molecule has 0 radical (unpaired) electrons. The molecule has 0 spiro atoms. The number of aromatic nitrogens is 1. The van der Waals surface area contributed by atoms with Gasteiger partial charge >= 0.3 is 0 Å². The standard InChI is InChI=1S/C14H23NO2/c1-9(2)14(11(4)16)8-12-7-13(17-5)6-10(3)15-12/h6-7,9,11,14,16H,8H2,1-5H3. The molecule has 0 fully saturated rings. The maximum absolute atomic E-state index is 9.78. The second kappa shape index (κ2) is 6.01. The lowest BCUT2D eigenvalue weighted by atomic mass is 9.87. The lowest BCUT2D eigenvalue weighted by Gasteiger charge is -2.23. The summed E-state index contributed by atoms with van der Waals surface area (Å²) in [5.41, 5.74) is 1.94. The summed E-state index contributed by atoms with van der Waals surface area (Å²) in [6.07, 6.45) is 0.469. The molecule has 3 heteroatoms. The SMILES string of the molecule is COc1cc(C)nc(CC(C(C)C)C(C)O)c1. The molecule has 1 aromatic rings. The Balaban J connectivity index is 2.89. The van der Waals surface area contributed by atoms with E-state index in [-0.39, 0.29) is 12.0 Å². The number of rotatable bonds is 5. The average Bonchev–Trinajstić information content (AvgIpc) is 2.24. The van der Waals surface area contributed by atoms with Gasteiger partial charge < -0.3 is 9.84 Å². The van der Waals surface area contributed by atoms with Crippen LogP contribution in [0.1, 0.15) is 32.2 Å². The van der Waals surface area contributed by atoms with Crippen LogP contribution in [0.15, 0.2) is 12.1 Å². The van der Waals surface area contributed by atoms with E-state index in [1.54, 1.807) is 7.11 Å². The number of aliphatic hydroxyl groups is 1. The summed E-state index contributed by atoms with van der Waals surface area (Å²) in [7, 11) is 1.66. The minimum atomic E-state index is -0.316. The van der Waals surface area contributed by atoms with Crippen LogP contribution in [0.4, 0.5) is 0 Å². The molecule has 0 aromatic carbocycles. The molecular formula is C14H23NO2. The van der Waals surface area contributed by atoms with Crippen molar-refractivity contribution in [3.8, 4) is 5.75 Å². The summed E-state index contributed by atoms with van der Waals surface area (Å²) in [6, 6.07) is 3.86. The number of ether oxygens (including phenoxy) is 1.